The zero-order chi connectivity index (χ0) is 25.5. The van der Waals surface area contributed by atoms with Gasteiger partial charge in [0.2, 0.25) is 0 Å². The fourth-order valence-corrected chi connectivity index (χ4v) is 3.73. The lowest BCUT2D eigenvalue weighted by molar-refractivity contribution is -0.137. The molecule has 4 aromatic rings. The molecule has 0 atom stereocenters. The Morgan fingerprint density at radius 3 is 2.20 bits per heavy atom. The van der Waals surface area contributed by atoms with Crippen molar-refractivity contribution in [2.45, 2.75) is 25.4 Å². The van der Waals surface area contributed by atoms with Gasteiger partial charge in [-0.15, -0.1) is 0 Å². The molecule has 0 aliphatic rings. The molecule has 4 rings (SSSR count). The van der Waals surface area contributed by atoms with Crippen LogP contribution in [0.3, 0.4) is 0 Å². The maximum atomic E-state index is 13.3. The Hall–Kier alpha value is -4.52. The van der Waals surface area contributed by atoms with E-state index in [0.29, 0.717) is 22.5 Å². The Morgan fingerprint density at radius 1 is 0.886 bits per heavy atom. The van der Waals surface area contributed by atoms with Gasteiger partial charge in [0, 0.05) is 28.7 Å². The number of nitriles is 1. The molecule has 0 bridgehead atoms. The molecular weight excluding hydrogens is 455 g/mol. The summed E-state index contributed by atoms with van der Waals surface area (Å²) < 4.78 is 41.8. The van der Waals surface area contributed by atoms with Crippen molar-refractivity contribution in [3.8, 4) is 34.1 Å². The monoisotopic (exact) mass is 477 g/mol. The van der Waals surface area contributed by atoms with Gasteiger partial charge in [-0.25, -0.2) is 9.97 Å². The van der Waals surface area contributed by atoms with E-state index in [-0.39, 0.29) is 11.4 Å². The molecule has 2 aromatic carbocycles. The first kappa shape index (κ1) is 23.6. The van der Waals surface area contributed by atoms with Gasteiger partial charge in [-0.1, -0.05) is 18.2 Å². The van der Waals surface area contributed by atoms with Gasteiger partial charge in [-0.3, -0.25) is 4.57 Å². The molecule has 0 fully saturated rings. The number of nitrogens with two attached hydrogens (primary N) is 3. The number of alkyl halides is 3. The smallest absolute Gasteiger partial charge is 0.398 e. The number of halogens is 3. The number of hydrogen-bond donors (Lipinski definition) is 3. The minimum Gasteiger partial charge on any atom is -0.398 e. The molecule has 0 radical (unpaired) electrons. The van der Waals surface area contributed by atoms with Crippen LogP contribution >= 0.6 is 0 Å². The minimum absolute atomic E-state index is 0.196. The van der Waals surface area contributed by atoms with Crippen LogP contribution in [0.1, 0.15) is 25.0 Å². The normalized spacial score (nSPS) is 11.9. The Bertz CT molecular complexity index is 1450. The van der Waals surface area contributed by atoms with Crippen LogP contribution in [0.5, 0.6) is 0 Å². The van der Waals surface area contributed by atoms with Crippen LogP contribution in [0, 0.1) is 11.3 Å². The van der Waals surface area contributed by atoms with Crippen LogP contribution in [0.15, 0.2) is 61.1 Å². The van der Waals surface area contributed by atoms with Crippen molar-refractivity contribution in [2.75, 3.05) is 17.2 Å². The van der Waals surface area contributed by atoms with Gasteiger partial charge in [0.25, 0.3) is 0 Å². The Labute approximate surface area is 199 Å². The second-order valence-electron chi connectivity index (χ2n) is 8.59. The highest BCUT2D eigenvalue weighted by Gasteiger charge is 2.34. The summed E-state index contributed by atoms with van der Waals surface area (Å²) in [4.78, 5) is 7.93. The lowest BCUT2D eigenvalue weighted by Gasteiger charge is -2.17. The first-order valence-electron chi connectivity index (χ1n) is 10.5. The van der Waals surface area contributed by atoms with E-state index in [0.717, 1.165) is 17.3 Å². The number of rotatable bonds is 4. The first-order chi connectivity index (χ1) is 16.4. The number of anilines is 3. The summed E-state index contributed by atoms with van der Waals surface area (Å²) in [5.41, 5.74) is 19.8. The van der Waals surface area contributed by atoms with Crippen molar-refractivity contribution in [3.63, 3.8) is 0 Å². The predicted octanol–water partition coefficient (Wildman–Crippen LogP) is 5.17. The third-order valence-electron chi connectivity index (χ3n) is 5.81. The zero-order valence-electron chi connectivity index (χ0n) is 18.9. The summed E-state index contributed by atoms with van der Waals surface area (Å²) in [7, 11) is 0. The standard InChI is InChI=1S/C25H22F3N7/c1-24(2,12-29)16-4-6-17(7-5-16)35-13-34-23(32)21(35)18-9-14(3-8-20(18)30)15-10-19(25(26,27)28)22(31)33-11-15/h3-11,13H,30,32H2,1-2H3,(H2,31,33). The topological polar surface area (TPSA) is 133 Å². The first-order valence-corrected chi connectivity index (χ1v) is 10.5. The van der Waals surface area contributed by atoms with Gasteiger partial charge in [-0.2, -0.15) is 18.4 Å². The van der Waals surface area contributed by atoms with Gasteiger partial charge in [0.15, 0.2) is 0 Å². The maximum Gasteiger partial charge on any atom is 0.419 e. The second kappa shape index (κ2) is 8.36. The van der Waals surface area contributed by atoms with Crippen LogP contribution in [0.2, 0.25) is 0 Å². The summed E-state index contributed by atoms with van der Waals surface area (Å²) in [6, 6.07) is 15.4. The largest absolute Gasteiger partial charge is 0.419 e. The highest BCUT2D eigenvalue weighted by Crippen LogP contribution is 2.38. The summed E-state index contributed by atoms with van der Waals surface area (Å²) in [5, 5.41) is 9.39. The van der Waals surface area contributed by atoms with Crippen molar-refractivity contribution in [1.82, 2.24) is 14.5 Å². The summed E-state index contributed by atoms with van der Waals surface area (Å²) in [6.07, 6.45) is -1.83. The quantitative estimate of drug-likeness (QED) is 0.348. The highest BCUT2D eigenvalue weighted by atomic mass is 19.4. The Morgan fingerprint density at radius 2 is 1.57 bits per heavy atom. The molecular formula is C25H22F3N7. The number of hydrogen-bond acceptors (Lipinski definition) is 6. The van der Waals surface area contributed by atoms with Crippen molar-refractivity contribution in [3.05, 3.63) is 72.2 Å². The molecule has 0 saturated carbocycles. The van der Waals surface area contributed by atoms with Gasteiger partial charge >= 0.3 is 6.18 Å². The molecule has 0 aliphatic carbocycles. The molecule has 35 heavy (non-hydrogen) atoms. The van der Waals surface area contributed by atoms with Crippen LogP contribution < -0.4 is 17.2 Å². The Kier molecular flexibility index (Phi) is 5.64. The SMILES string of the molecule is CC(C)(C#N)c1ccc(-n2cnc(N)c2-c2cc(-c3cnc(N)c(C(F)(F)F)c3)ccc2N)cc1. The van der Waals surface area contributed by atoms with Crippen molar-refractivity contribution >= 4 is 17.3 Å². The van der Waals surface area contributed by atoms with Gasteiger partial charge in [0.05, 0.1) is 22.7 Å². The van der Waals surface area contributed by atoms with E-state index in [4.69, 9.17) is 17.2 Å². The summed E-state index contributed by atoms with van der Waals surface area (Å²) in [5.74, 6) is -0.399. The van der Waals surface area contributed by atoms with Crippen molar-refractivity contribution in [1.29, 1.82) is 5.26 Å². The molecule has 0 spiro atoms. The average Bonchev–Trinajstić information content (AvgIpc) is 3.20. The summed E-state index contributed by atoms with van der Waals surface area (Å²) >= 11 is 0. The molecule has 0 unspecified atom stereocenters. The van der Waals surface area contributed by atoms with E-state index in [1.54, 1.807) is 22.8 Å². The van der Waals surface area contributed by atoms with Crippen molar-refractivity contribution in [2.24, 2.45) is 0 Å². The molecule has 0 aliphatic heterocycles. The van der Waals surface area contributed by atoms with E-state index in [1.807, 2.05) is 38.1 Å². The third kappa shape index (κ3) is 4.36. The maximum absolute atomic E-state index is 13.3. The van der Waals surface area contributed by atoms with Gasteiger partial charge in [-0.05, 0) is 55.3 Å². The lowest BCUT2D eigenvalue weighted by atomic mass is 9.86. The van der Waals surface area contributed by atoms with E-state index in [2.05, 4.69) is 16.0 Å². The molecule has 2 aromatic heterocycles. The molecule has 6 N–H and O–H groups in total. The van der Waals surface area contributed by atoms with E-state index >= 15 is 0 Å². The van der Waals surface area contributed by atoms with Gasteiger partial charge < -0.3 is 17.2 Å². The number of nitrogens with zero attached hydrogens (tertiary/aromatic N) is 4. The van der Waals surface area contributed by atoms with Crippen LogP contribution in [-0.4, -0.2) is 14.5 Å². The number of benzene rings is 2. The van der Waals surface area contributed by atoms with E-state index in [9.17, 15) is 18.4 Å². The van der Waals surface area contributed by atoms with Crippen LogP contribution in [-0.2, 0) is 11.6 Å². The lowest BCUT2D eigenvalue weighted by Crippen LogP contribution is -2.13. The fraction of sp³-hybridized carbons (Fsp3) is 0.160. The molecule has 0 saturated heterocycles. The average molecular weight is 477 g/mol. The number of aromatic nitrogens is 3. The Balaban J connectivity index is 1.82. The predicted molar refractivity (Wildman–Crippen MR) is 129 cm³/mol. The number of pyridine rings is 1. The minimum atomic E-state index is -4.64. The highest BCUT2D eigenvalue weighted by molar-refractivity contribution is 5.85. The molecule has 178 valence electrons. The number of nitrogen functional groups attached to an aromatic ring is 3. The number of imidazole rings is 1. The van der Waals surface area contributed by atoms with E-state index < -0.39 is 23.0 Å². The third-order valence-corrected chi connectivity index (χ3v) is 5.81. The molecule has 10 heteroatoms. The van der Waals surface area contributed by atoms with Crippen LogP contribution in [0.25, 0.3) is 28.1 Å². The van der Waals surface area contributed by atoms with Gasteiger partial charge in [0.1, 0.15) is 18.0 Å². The molecule has 2 heterocycles. The summed E-state index contributed by atoms with van der Waals surface area (Å²) in [6.45, 7) is 3.65. The zero-order valence-corrected chi connectivity index (χ0v) is 18.9. The fourth-order valence-electron chi connectivity index (χ4n) is 3.73. The second-order valence-corrected chi connectivity index (χ2v) is 8.59. The molecule has 7 nitrogen and oxygen atoms in total. The van der Waals surface area contributed by atoms with Crippen molar-refractivity contribution < 1.29 is 13.2 Å². The van der Waals surface area contributed by atoms with Crippen LogP contribution in [0.4, 0.5) is 30.5 Å². The molecule has 0 amide bonds. The van der Waals surface area contributed by atoms with E-state index in [1.165, 1.54) is 12.5 Å².